The molecule has 0 aliphatic rings. The first-order valence-corrected chi connectivity index (χ1v) is 5.49. The number of rotatable bonds is 3. The van der Waals surface area contributed by atoms with Gasteiger partial charge in [0.15, 0.2) is 17.4 Å². The first kappa shape index (κ1) is 11.5. The highest BCUT2D eigenvalue weighted by Crippen LogP contribution is 2.32. The Hall–Kier alpha value is -1.97. The first-order chi connectivity index (χ1) is 8.15. The van der Waals surface area contributed by atoms with Crippen molar-refractivity contribution in [3.8, 4) is 22.8 Å². The molecule has 1 aromatic carbocycles. The van der Waals surface area contributed by atoms with Crippen LogP contribution in [0.4, 0.5) is 0 Å². The Balaban J connectivity index is 2.45. The van der Waals surface area contributed by atoms with E-state index in [1.165, 1.54) is 7.11 Å². The molecule has 1 aromatic heterocycles. The average Bonchev–Trinajstić information content (AvgIpc) is 2.70. The molecule has 90 valence electrons. The second kappa shape index (κ2) is 4.49. The highest BCUT2D eigenvalue weighted by atomic mass is 16.5. The van der Waals surface area contributed by atoms with Gasteiger partial charge >= 0.3 is 0 Å². The van der Waals surface area contributed by atoms with Crippen LogP contribution in [-0.2, 0) is 6.42 Å². The van der Waals surface area contributed by atoms with Crippen molar-refractivity contribution >= 4 is 0 Å². The second-order valence-corrected chi connectivity index (χ2v) is 3.75. The second-order valence-electron chi connectivity index (χ2n) is 3.75. The van der Waals surface area contributed by atoms with Gasteiger partial charge in [0.05, 0.1) is 7.11 Å². The SMILES string of the molecule is CCc1nc(-c2ccc(OC)c(O)c2)c(C)o1. The molecule has 0 fully saturated rings. The summed E-state index contributed by atoms with van der Waals surface area (Å²) in [5.74, 6) is 2.01. The number of phenols is 1. The Bertz CT molecular complexity index is 531. The molecule has 0 saturated heterocycles. The Labute approximate surface area is 99.9 Å². The van der Waals surface area contributed by atoms with Gasteiger partial charge in [-0.3, -0.25) is 0 Å². The lowest BCUT2D eigenvalue weighted by atomic mass is 10.1. The number of nitrogens with zero attached hydrogens (tertiary/aromatic N) is 1. The van der Waals surface area contributed by atoms with Gasteiger partial charge in [-0.2, -0.15) is 0 Å². The summed E-state index contributed by atoms with van der Waals surface area (Å²) in [6, 6.07) is 5.19. The minimum Gasteiger partial charge on any atom is -0.504 e. The third-order valence-electron chi connectivity index (χ3n) is 2.60. The van der Waals surface area contributed by atoms with E-state index in [4.69, 9.17) is 9.15 Å². The van der Waals surface area contributed by atoms with Crippen LogP contribution in [0.15, 0.2) is 22.6 Å². The van der Waals surface area contributed by atoms with E-state index < -0.39 is 0 Å². The average molecular weight is 233 g/mol. The zero-order valence-electron chi connectivity index (χ0n) is 10.2. The van der Waals surface area contributed by atoms with E-state index in [0.29, 0.717) is 11.6 Å². The van der Waals surface area contributed by atoms with E-state index in [2.05, 4.69) is 4.98 Å². The number of benzene rings is 1. The fourth-order valence-electron chi connectivity index (χ4n) is 1.71. The van der Waals surface area contributed by atoms with Crippen LogP contribution in [0.3, 0.4) is 0 Å². The van der Waals surface area contributed by atoms with Crippen molar-refractivity contribution in [3.05, 3.63) is 29.9 Å². The highest BCUT2D eigenvalue weighted by Gasteiger charge is 2.12. The number of ether oxygens (including phenoxy) is 1. The molecule has 1 N–H and O–H groups in total. The number of hydrogen-bond acceptors (Lipinski definition) is 4. The number of phenolic OH excluding ortho intramolecular Hbond substituents is 1. The van der Waals surface area contributed by atoms with E-state index in [0.717, 1.165) is 23.4 Å². The van der Waals surface area contributed by atoms with Crippen LogP contribution in [0.25, 0.3) is 11.3 Å². The van der Waals surface area contributed by atoms with Gasteiger partial charge in [0.2, 0.25) is 0 Å². The summed E-state index contributed by atoms with van der Waals surface area (Å²) in [6.45, 7) is 3.85. The predicted octanol–water partition coefficient (Wildman–Crippen LogP) is 2.93. The molecule has 4 nitrogen and oxygen atoms in total. The Morgan fingerprint density at radius 3 is 2.71 bits per heavy atom. The van der Waals surface area contributed by atoms with Crippen molar-refractivity contribution in [2.45, 2.75) is 20.3 Å². The van der Waals surface area contributed by atoms with Crippen molar-refractivity contribution in [2.24, 2.45) is 0 Å². The minimum absolute atomic E-state index is 0.102. The Morgan fingerprint density at radius 2 is 2.18 bits per heavy atom. The summed E-state index contributed by atoms with van der Waals surface area (Å²) in [7, 11) is 1.52. The van der Waals surface area contributed by atoms with E-state index in [1.54, 1.807) is 12.1 Å². The summed E-state index contributed by atoms with van der Waals surface area (Å²) in [4.78, 5) is 4.38. The van der Waals surface area contributed by atoms with Gasteiger partial charge in [-0.1, -0.05) is 6.92 Å². The maximum atomic E-state index is 9.72. The van der Waals surface area contributed by atoms with Crippen LogP contribution in [0.5, 0.6) is 11.5 Å². The molecule has 17 heavy (non-hydrogen) atoms. The third-order valence-corrected chi connectivity index (χ3v) is 2.60. The lowest BCUT2D eigenvalue weighted by Gasteiger charge is -2.04. The summed E-state index contributed by atoms with van der Waals surface area (Å²) < 4.78 is 10.5. The van der Waals surface area contributed by atoms with Crippen molar-refractivity contribution in [1.29, 1.82) is 0 Å². The molecule has 0 aliphatic carbocycles. The van der Waals surface area contributed by atoms with Gasteiger partial charge in [-0.15, -0.1) is 0 Å². The monoisotopic (exact) mass is 233 g/mol. The van der Waals surface area contributed by atoms with E-state index in [-0.39, 0.29) is 5.75 Å². The summed E-state index contributed by atoms with van der Waals surface area (Å²) in [6.07, 6.45) is 0.753. The fourth-order valence-corrected chi connectivity index (χ4v) is 1.71. The fraction of sp³-hybridized carbons (Fsp3) is 0.308. The zero-order valence-corrected chi connectivity index (χ0v) is 10.2. The Morgan fingerprint density at radius 1 is 1.41 bits per heavy atom. The van der Waals surface area contributed by atoms with Crippen LogP contribution in [-0.4, -0.2) is 17.2 Å². The number of oxazole rings is 1. The van der Waals surface area contributed by atoms with Crippen molar-refractivity contribution in [1.82, 2.24) is 4.98 Å². The quantitative estimate of drug-likeness (QED) is 0.885. The molecule has 0 atom stereocenters. The molecule has 4 heteroatoms. The van der Waals surface area contributed by atoms with Crippen molar-refractivity contribution < 1.29 is 14.3 Å². The number of aromatic nitrogens is 1. The number of aryl methyl sites for hydroxylation is 2. The standard InChI is InChI=1S/C13H15NO3/c1-4-12-14-13(8(2)17-12)9-5-6-11(16-3)10(15)7-9/h5-7,15H,4H2,1-3H3. The predicted molar refractivity (Wildman–Crippen MR) is 64.3 cm³/mol. The molecule has 0 saturated carbocycles. The smallest absolute Gasteiger partial charge is 0.194 e. The Kier molecular flexibility index (Phi) is 3.04. The van der Waals surface area contributed by atoms with Crippen LogP contribution in [0.2, 0.25) is 0 Å². The lowest BCUT2D eigenvalue weighted by Crippen LogP contribution is -1.86. The lowest BCUT2D eigenvalue weighted by molar-refractivity contribution is 0.373. The van der Waals surface area contributed by atoms with Gasteiger partial charge in [-0.05, 0) is 25.1 Å². The number of aromatic hydroxyl groups is 1. The van der Waals surface area contributed by atoms with E-state index >= 15 is 0 Å². The summed E-state index contributed by atoms with van der Waals surface area (Å²) in [5, 5.41) is 9.72. The van der Waals surface area contributed by atoms with Crippen LogP contribution >= 0.6 is 0 Å². The van der Waals surface area contributed by atoms with Crippen LogP contribution in [0.1, 0.15) is 18.6 Å². The van der Waals surface area contributed by atoms with Crippen LogP contribution in [0, 0.1) is 6.92 Å². The molecule has 0 aliphatic heterocycles. The van der Waals surface area contributed by atoms with Gasteiger partial charge < -0.3 is 14.3 Å². The highest BCUT2D eigenvalue weighted by molar-refractivity contribution is 5.65. The topological polar surface area (TPSA) is 55.5 Å². The number of methoxy groups -OCH3 is 1. The minimum atomic E-state index is 0.102. The zero-order chi connectivity index (χ0) is 12.4. The molecule has 2 aromatic rings. The molecule has 0 amide bonds. The third kappa shape index (κ3) is 2.11. The largest absolute Gasteiger partial charge is 0.504 e. The van der Waals surface area contributed by atoms with Gasteiger partial charge in [0.25, 0.3) is 0 Å². The summed E-state index contributed by atoms with van der Waals surface area (Å²) >= 11 is 0. The van der Waals surface area contributed by atoms with Gasteiger partial charge in [0.1, 0.15) is 11.5 Å². The maximum Gasteiger partial charge on any atom is 0.194 e. The summed E-state index contributed by atoms with van der Waals surface area (Å²) in [5.41, 5.74) is 1.59. The van der Waals surface area contributed by atoms with Crippen LogP contribution < -0.4 is 4.74 Å². The molecule has 1 heterocycles. The molecular formula is C13H15NO3. The van der Waals surface area contributed by atoms with E-state index in [1.807, 2.05) is 19.9 Å². The van der Waals surface area contributed by atoms with Crippen molar-refractivity contribution in [2.75, 3.05) is 7.11 Å². The molecule has 0 unspecified atom stereocenters. The number of hydrogen-bond donors (Lipinski definition) is 1. The molecule has 2 rings (SSSR count). The molecule has 0 radical (unpaired) electrons. The van der Waals surface area contributed by atoms with E-state index in [9.17, 15) is 5.11 Å². The normalized spacial score (nSPS) is 10.5. The van der Waals surface area contributed by atoms with Gasteiger partial charge in [-0.25, -0.2) is 4.98 Å². The first-order valence-electron chi connectivity index (χ1n) is 5.49. The van der Waals surface area contributed by atoms with Gasteiger partial charge in [0, 0.05) is 12.0 Å². The maximum absolute atomic E-state index is 9.72. The molecule has 0 bridgehead atoms. The van der Waals surface area contributed by atoms with Crippen molar-refractivity contribution in [3.63, 3.8) is 0 Å². The molecular weight excluding hydrogens is 218 g/mol. The molecule has 0 spiro atoms.